The molecule has 1 N–H and O–H groups in total. The van der Waals surface area contributed by atoms with Crippen LogP contribution in [0.25, 0.3) is 0 Å². The fourth-order valence-electron chi connectivity index (χ4n) is 6.68. The Hall–Kier alpha value is -1.93. The van der Waals surface area contributed by atoms with Gasteiger partial charge in [-0.3, -0.25) is 14.4 Å². The number of likely N-dealkylation sites (tertiary alicyclic amines) is 1. The van der Waals surface area contributed by atoms with Gasteiger partial charge < -0.3 is 24.4 Å². The lowest BCUT2D eigenvalue weighted by molar-refractivity contribution is -0.155. The minimum absolute atomic E-state index is 0.0317. The maximum Gasteiger partial charge on any atom is 0.312 e. The molecule has 2 unspecified atom stereocenters. The van der Waals surface area contributed by atoms with E-state index >= 15 is 0 Å². The first-order valence-electron chi connectivity index (χ1n) is 12.7. The van der Waals surface area contributed by atoms with E-state index in [0.29, 0.717) is 38.8 Å². The normalized spacial score (nSPS) is 33.3. The maximum absolute atomic E-state index is 14.2. The number of esters is 1. The van der Waals surface area contributed by atoms with E-state index in [2.05, 4.69) is 6.58 Å². The third-order valence-corrected chi connectivity index (χ3v) is 8.02. The molecule has 3 aliphatic heterocycles. The standard InChI is InChI=1S/C25H38N2O6/c1-3-14-26(17-10-6-5-7-11-17)23(30)21-25-13-12-18(33-25)19(24(31)32-4-2)20(25)22(29)27(21)15-8-9-16-28/h3,17-21,28H,1,4-16H2,2H3/t18-,19+,20-,21?,25?/m0/s1. The molecule has 2 amide bonds. The summed E-state index contributed by atoms with van der Waals surface area (Å²) in [6.45, 7) is 6.70. The third kappa shape index (κ3) is 4.09. The second-order valence-electron chi connectivity index (χ2n) is 9.84. The van der Waals surface area contributed by atoms with Gasteiger partial charge in [-0.15, -0.1) is 6.58 Å². The van der Waals surface area contributed by atoms with Crippen LogP contribution in [0.1, 0.15) is 64.7 Å². The van der Waals surface area contributed by atoms with Gasteiger partial charge in [-0.1, -0.05) is 25.3 Å². The lowest BCUT2D eigenvalue weighted by Gasteiger charge is -2.40. The molecule has 4 fully saturated rings. The van der Waals surface area contributed by atoms with Crippen LogP contribution < -0.4 is 0 Å². The highest BCUT2D eigenvalue weighted by Crippen LogP contribution is 2.59. The molecule has 4 aliphatic rings. The van der Waals surface area contributed by atoms with Gasteiger partial charge in [-0.25, -0.2) is 0 Å². The van der Waals surface area contributed by atoms with Crippen molar-refractivity contribution in [1.29, 1.82) is 0 Å². The van der Waals surface area contributed by atoms with Gasteiger partial charge in [-0.05, 0) is 45.4 Å². The number of carbonyl (C=O) groups is 3. The van der Waals surface area contributed by atoms with Gasteiger partial charge in [0.15, 0.2) is 0 Å². The molecular weight excluding hydrogens is 424 g/mol. The highest BCUT2D eigenvalue weighted by molar-refractivity contribution is 5.98. The number of ether oxygens (including phenoxy) is 2. The first-order valence-corrected chi connectivity index (χ1v) is 12.7. The molecule has 184 valence electrons. The fourth-order valence-corrected chi connectivity index (χ4v) is 6.68. The molecule has 3 saturated heterocycles. The summed E-state index contributed by atoms with van der Waals surface area (Å²) in [5.41, 5.74) is -0.983. The zero-order valence-corrected chi connectivity index (χ0v) is 19.7. The minimum atomic E-state index is -0.983. The zero-order chi connectivity index (χ0) is 23.6. The molecule has 4 rings (SSSR count). The number of aliphatic hydroxyl groups excluding tert-OH is 1. The van der Waals surface area contributed by atoms with Crippen molar-refractivity contribution in [3.63, 3.8) is 0 Å². The number of aliphatic hydroxyl groups is 1. The third-order valence-electron chi connectivity index (χ3n) is 8.02. The van der Waals surface area contributed by atoms with Gasteiger partial charge in [0.05, 0.1) is 24.5 Å². The summed E-state index contributed by atoms with van der Waals surface area (Å²) in [4.78, 5) is 44.3. The predicted molar refractivity (Wildman–Crippen MR) is 121 cm³/mol. The molecule has 8 nitrogen and oxygen atoms in total. The molecule has 0 aromatic rings. The number of hydrogen-bond donors (Lipinski definition) is 1. The van der Waals surface area contributed by atoms with Crippen LogP contribution in [0.5, 0.6) is 0 Å². The Labute approximate surface area is 196 Å². The van der Waals surface area contributed by atoms with Crippen molar-refractivity contribution in [1.82, 2.24) is 9.80 Å². The number of rotatable bonds is 10. The van der Waals surface area contributed by atoms with Crippen molar-refractivity contribution in [2.75, 3.05) is 26.3 Å². The average molecular weight is 463 g/mol. The Morgan fingerprint density at radius 1 is 1.27 bits per heavy atom. The van der Waals surface area contributed by atoms with E-state index in [-0.39, 0.29) is 37.2 Å². The Kier molecular flexibility index (Phi) is 7.43. The van der Waals surface area contributed by atoms with E-state index in [9.17, 15) is 19.5 Å². The summed E-state index contributed by atoms with van der Waals surface area (Å²) in [6.07, 6.45) is 9.01. The van der Waals surface area contributed by atoms with E-state index < -0.39 is 29.4 Å². The predicted octanol–water partition coefficient (Wildman–Crippen LogP) is 2.04. The Morgan fingerprint density at radius 3 is 2.70 bits per heavy atom. The van der Waals surface area contributed by atoms with Crippen LogP contribution in [0.4, 0.5) is 0 Å². The summed E-state index contributed by atoms with van der Waals surface area (Å²) in [5.74, 6) is -2.02. The molecule has 3 heterocycles. The number of amides is 2. The first-order chi connectivity index (χ1) is 16.0. The molecular formula is C25H38N2O6. The van der Waals surface area contributed by atoms with Crippen LogP contribution in [0.2, 0.25) is 0 Å². The number of unbranched alkanes of at least 4 members (excludes halogenated alkanes) is 1. The number of hydrogen-bond acceptors (Lipinski definition) is 6. The summed E-state index contributed by atoms with van der Waals surface area (Å²) >= 11 is 0. The van der Waals surface area contributed by atoms with Crippen LogP contribution in [-0.4, -0.2) is 82.8 Å². The Morgan fingerprint density at radius 2 is 2.03 bits per heavy atom. The SMILES string of the molecule is C=CCN(C(=O)C1N(CCCCO)C(=O)[C@@H]2[C@H](C(=O)OCC)[C@@H]3CCC12O3)C1CCCCC1. The Bertz CT molecular complexity index is 766. The second kappa shape index (κ2) is 10.1. The zero-order valence-electron chi connectivity index (χ0n) is 19.7. The van der Waals surface area contributed by atoms with Crippen LogP contribution in [-0.2, 0) is 23.9 Å². The van der Waals surface area contributed by atoms with E-state index in [1.165, 1.54) is 6.42 Å². The van der Waals surface area contributed by atoms with Gasteiger partial charge in [0.25, 0.3) is 0 Å². The summed E-state index contributed by atoms with van der Waals surface area (Å²) in [6, 6.07) is -0.617. The first kappa shape index (κ1) is 24.2. The van der Waals surface area contributed by atoms with Crippen molar-refractivity contribution in [3.05, 3.63) is 12.7 Å². The summed E-state index contributed by atoms with van der Waals surface area (Å²) in [5, 5.41) is 9.27. The van der Waals surface area contributed by atoms with Crippen molar-refractivity contribution in [2.24, 2.45) is 11.8 Å². The van der Waals surface area contributed by atoms with Crippen molar-refractivity contribution >= 4 is 17.8 Å². The van der Waals surface area contributed by atoms with Gasteiger partial charge in [0, 0.05) is 25.7 Å². The van der Waals surface area contributed by atoms with Crippen LogP contribution >= 0.6 is 0 Å². The van der Waals surface area contributed by atoms with Crippen LogP contribution in [0.3, 0.4) is 0 Å². The van der Waals surface area contributed by atoms with Gasteiger partial charge in [-0.2, -0.15) is 0 Å². The monoisotopic (exact) mass is 462 g/mol. The lowest BCUT2D eigenvalue weighted by Crippen LogP contribution is -2.58. The van der Waals surface area contributed by atoms with E-state index in [0.717, 1.165) is 25.7 Å². The molecule has 33 heavy (non-hydrogen) atoms. The number of nitrogens with zero attached hydrogens (tertiary/aromatic N) is 2. The number of carbonyl (C=O) groups excluding carboxylic acids is 3. The average Bonchev–Trinajstić information content (AvgIpc) is 3.46. The highest BCUT2D eigenvalue weighted by atomic mass is 16.6. The molecule has 0 radical (unpaired) electrons. The summed E-state index contributed by atoms with van der Waals surface area (Å²) in [7, 11) is 0. The molecule has 1 aliphatic carbocycles. The Balaban J connectivity index is 1.68. The topological polar surface area (TPSA) is 96.4 Å². The smallest absolute Gasteiger partial charge is 0.312 e. The van der Waals surface area contributed by atoms with Crippen LogP contribution in [0, 0.1) is 11.8 Å². The molecule has 0 aromatic heterocycles. The molecule has 2 bridgehead atoms. The lowest BCUT2D eigenvalue weighted by atomic mass is 9.70. The minimum Gasteiger partial charge on any atom is -0.466 e. The molecule has 5 atom stereocenters. The quantitative estimate of drug-likeness (QED) is 0.303. The van der Waals surface area contributed by atoms with Gasteiger partial charge in [0.2, 0.25) is 11.8 Å². The molecule has 8 heteroatoms. The molecule has 0 aromatic carbocycles. The largest absolute Gasteiger partial charge is 0.466 e. The van der Waals surface area contributed by atoms with Crippen molar-refractivity contribution in [2.45, 2.75) is 88.5 Å². The maximum atomic E-state index is 14.2. The van der Waals surface area contributed by atoms with Crippen molar-refractivity contribution in [3.8, 4) is 0 Å². The molecule has 1 saturated carbocycles. The highest BCUT2D eigenvalue weighted by Gasteiger charge is 2.75. The van der Waals surface area contributed by atoms with E-state index in [4.69, 9.17) is 9.47 Å². The fraction of sp³-hybridized carbons (Fsp3) is 0.800. The van der Waals surface area contributed by atoms with E-state index in [1.54, 1.807) is 17.9 Å². The number of fused-ring (bicyclic) bond motifs is 1. The van der Waals surface area contributed by atoms with Gasteiger partial charge in [0.1, 0.15) is 11.6 Å². The molecule has 1 spiro atoms. The summed E-state index contributed by atoms with van der Waals surface area (Å²) < 4.78 is 11.7. The van der Waals surface area contributed by atoms with E-state index in [1.807, 2.05) is 4.90 Å². The second-order valence-corrected chi connectivity index (χ2v) is 9.84. The van der Waals surface area contributed by atoms with Gasteiger partial charge >= 0.3 is 5.97 Å². The van der Waals surface area contributed by atoms with Crippen LogP contribution in [0.15, 0.2) is 12.7 Å². The van der Waals surface area contributed by atoms with Crippen molar-refractivity contribution < 1.29 is 29.0 Å².